The summed E-state index contributed by atoms with van der Waals surface area (Å²) in [5.74, 6) is 1.11. The summed E-state index contributed by atoms with van der Waals surface area (Å²) in [4.78, 5) is 21.8. The Kier molecular flexibility index (Phi) is 3.50. The summed E-state index contributed by atoms with van der Waals surface area (Å²) in [5.41, 5.74) is 3.54. The van der Waals surface area contributed by atoms with Crippen molar-refractivity contribution in [3.05, 3.63) is 53.0 Å². The van der Waals surface area contributed by atoms with Gasteiger partial charge in [0.1, 0.15) is 17.9 Å². The van der Waals surface area contributed by atoms with Gasteiger partial charge in [-0.15, -0.1) is 0 Å². The van der Waals surface area contributed by atoms with Crippen LogP contribution in [0.3, 0.4) is 0 Å². The van der Waals surface area contributed by atoms with Crippen LogP contribution in [0.2, 0.25) is 0 Å². The molecule has 6 nitrogen and oxygen atoms in total. The zero-order valence-electron chi connectivity index (χ0n) is 15.5. The topological polar surface area (TPSA) is 80.1 Å². The molecule has 0 radical (unpaired) electrons. The number of fused-ring (bicyclic) bond motifs is 2. The van der Waals surface area contributed by atoms with Gasteiger partial charge in [-0.3, -0.25) is 4.79 Å². The van der Waals surface area contributed by atoms with Crippen molar-refractivity contribution in [3.63, 3.8) is 0 Å². The monoisotopic (exact) mass is 362 g/mol. The normalized spacial score (nSPS) is 19.7. The average molecular weight is 362 g/mol. The number of carbonyl (C=O) groups excluding carboxylic acids is 1. The number of rotatable bonds is 4. The lowest BCUT2D eigenvalue weighted by atomic mass is 10.1. The molecule has 1 atom stereocenters. The highest BCUT2D eigenvalue weighted by atomic mass is 16.3. The highest BCUT2D eigenvalue weighted by molar-refractivity contribution is 6.10. The number of amides is 1. The van der Waals surface area contributed by atoms with Gasteiger partial charge in [0, 0.05) is 5.54 Å². The lowest BCUT2D eigenvalue weighted by Gasteiger charge is -2.15. The zero-order chi connectivity index (χ0) is 18.6. The minimum absolute atomic E-state index is 0.0278. The lowest BCUT2D eigenvalue weighted by Crippen LogP contribution is -2.27. The molecule has 1 amide bonds. The summed E-state index contributed by atoms with van der Waals surface area (Å²) in [6, 6.07) is 8.32. The van der Waals surface area contributed by atoms with E-state index in [0.29, 0.717) is 28.2 Å². The molecule has 138 valence electrons. The molecule has 1 aromatic carbocycles. The fourth-order valence-electron chi connectivity index (χ4n) is 3.95. The molecule has 1 fully saturated rings. The maximum atomic E-state index is 13.2. The molecule has 2 aromatic heterocycles. The maximum Gasteiger partial charge on any atom is 0.256 e. The van der Waals surface area contributed by atoms with Crippen molar-refractivity contribution in [1.82, 2.24) is 15.3 Å². The van der Waals surface area contributed by atoms with Crippen LogP contribution in [-0.4, -0.2) is 21.4 Å². The second-order valence-corrected chi connectivity index (χ2v) is 7.88. The first-order valence-electron chi connectivity index (χ1n) is 9.45. The minimum atomic E-state index is -0.133. The van der Waals surface area contributed by atoms with E-state index in [4.69, 9.17) is 4.42 Å². The van der Waals surface area contributed by atoms with Gasteiger partial charge in [0.15, 0.2) is 0 Å². The van der Waals surface area contributed by atoms with Crippen molar-refractivity contribution in [3.8, 4) is 0 Å². The van der Waals surface area contributed by atoms with Crippen molar-refractivity contribution in [2.45, 2.75) is 51.1 Å². The fraction of sp³-hybridized carbons (Fsp3) is 0.381. The minimum Gasteiger partial charge on any atom is -0.442 e. The van der Waals surface area contributed by atoms with Crippen LogP contribution in [0.25, 0.3) is 11.1 Å². The van der Waals surface area contributed by atoms with Crippen LogP contribution < -0.4 is 10.6 Å². The summed E-state index contributed by atoms with van der Waals surface area (Å²) < 4.78 is 5.78. The summed E-state index contributed by atoms with van der Waals surface area (Å²) >= 11 is 0. The Hall–Kier alpha value is -2.89. The van der Waals surface area contributed by atoms with Crippen LogP contribution in [0.15, 0.2) is 35.0 Å². The van der Waals surface area contributed by atoms with Crippen molar-refractivity contribution in [2.24, 2.45) is 0 Å². The first-order valence-corrected chi connectivity index (χ1v) is 9.45. The molecule has 1 unspecified atom stereocenters. The van der Waals surface area contributed by atoms with Gasteiger partial charge < -0.3 is 15.1 Å². The molecule has 2 heterocycles. The number of anilines is 1. The van der Waals surface area contributed by atoms with E-state index >= 15 is 0 Å². The highest BCUT2D eigenvalue weighted by Gasteiger charge is 2.38. The Bertz CT molecular complexity index is 1050. The molecule has 3 aromatic rings. The van der Waals surface area contributed by atoms with E-state index in [2.05, 4.69) is 39.7 Å². The van der Waals surface area contributed by atoms with E-state index in [0.717, 1.165) is 25.7 Å². The van der Waals surface area contributed by atoms with Crippen molar-refractivity contribution < 1.29 is 9.21 Å². The van der Waals surface area contributed by atoms with E-state index in [1.165, 1.54) is 17.5 Å². The van der Waals surface area contributed by atoms with E-state index in [1.54, 1.807) is 0 Å². The maximum absolute atomic E-state index is 13.2. The van der Waals surface area contributed by atoms with Crippen LogP contribution in [-0.2, 0) is 6.42 Å². The Morgan fingerprint density at radius 2 is 2.07 bits per heavy atom. The third kappa shape index (κ3) is 2.76. The number of aryl methyl sites for hydroxylation is 2. The fourth-order valence-corrected chi connectivity index (χ4v) is 3.95. The predicted octanol–water partition coefficient (Wildman–Crippen LogP) is 3.91. The van der Waals surface area contributed by atoms with E-state index in [1.807, 2.05) is 19.1 Å². The Morgan fingerprint density at radius 1 is 1.26 bits per heavy atom. The summed E-state index contributed by atoms with van der Waals surface area (Å²) in [6.07, 6.45) is 5.57. The van der Waals surface area contributed by atoms with Gasteiger partial charge in [-0.05, 0) is 50.7 Å². The third-order valence-corrected chi connectivity index (χ3v) is 5.75. The van der Waals surface area contributed by atoms with Crippen LogP contribution in [0, 0.1) is 6.92 Å². The SMILES string of the molecule is Cc1oc2ncnc(NC3(C)CC3)c2c1C(=O)NC1CCc2ccccc21. The molecule has 5 rings (SSSR count). The smallest absolute Gasteiger partial charge is 0.256 e. The number of carbonyl (C=O) groups is 1. The number of nitrogens with one attached hydrogen (secondary N) is 2. The molecule has 0 bridgehead atoms. The van der Waals surface area contributed by atoms with Gasteiger partial charge in [0.2, 0.25) is 5.71 Å². The first-order chi connectivity index (χ1) is 13.0. The molecule has 0 saturated heterocycles. The van der Waals surface area contributed by atoms with Gasteiger partial charge in [-0.1, -0.05) is 24.3 Å². The number of nitrogens with zero attached hydrogens (tertiary/aromatic N) is 2. The highest BCUT2D eigenvalue weighted by Crippen LogP contribution is 2.40. The molecular formula is C21H22N4O2. The molecule has 1 saturated carbocycles. The van der Waals surface area contributed by atoms with Crippen LogP contribution in [0.4, 0.5) is 5.82 Å². The third-order valence-electron chi connectivity index (χ3n) is 5.75. The van der Waals surface area contributed by atoms with Gasteiger partial charge in [-0.25, -0.2) is 9.97 Å². The quantitative estimate of drug-likeness (QED) is 0.735. The first kappa shape index (κ1) is 16.3. The van der Waals surface area contributed by atoms with Gasteiger partial charge in [0.25, 0.3) is 5.91 Å². The van der Waals surface area contributed by atoms with Crippen LogP contribution in [0.5, 0.6) is 0 Å². The molecule has 2 aliphatic carbocycles. The molecule has 0 spiro atoms. The molecular weight excluding hydrogens is 340 g/mol. The number of furan rings is 1. The Morgan fingerprint density at radius 3 is 2.89 bits per heavy atom. The van der Waals surface area contributed by atoms with Crippen molar-refractivity contribution in [1.29, 1.82) is 0 Å². The molecule has 0 aliphatic heterocycles. The zero-order valence-corrected chi connectivity index (χ0v) is 15.5. The largest absolute Gasteiger partial charge is 0.442 e. The number of aromatic nitrogens is 2. The van der Waals surface area contributed by atoms with Crippen molar-refractivity contribution in [2.75, 3.05) is 5.32 Å². The van der Waals surface area contributed by atoms with Gasteiger partial charge in [-0.2, -0.15) is 0 Å². The molecule has 2 aliphatic rings. The second-order valence-electron chi connectivity index (χ2n) is 7.88. The number of benzene rings is 1. The molecule has 27 heavy (non-hydrogen) atoms. The lowest BCUT2D eigenvalue weighted by molar-refractivity contribution is 0.0936. The van der Waals surface area contributed by atoms with Crippen LogP contribution in [0.1, 0.15) is 59.5 Å². The van der Waals surface area contributed by atoms with Crippen LogP contribution >= 0.6 is 0 Å². The van der Waals surface area contributed by atoms with Gasteiger partial charge >= 0.3 is 0 Å². The predicted molar refractivity (Wildman–Crippen MR) is 103 cm³/mol. The Balaban J connectivity index is 1.51. The standard InChI is InChI=1S/C21H22N4O2/c1-12-16(19(26)24-15-8-7-13-5-3-4-6-14(13)15)17-18(25-21(2)9-10-21)22-11-23-20(17)27-12/h3-6,11,15H,7-10H2,1-2H3,(H,24,26)(H,22,23,25). The van der Waals surface area contributed by atoms with Crippen molar-refractivity contribution >= 4 is 22.8 Å². The van der Waals surface area contributed by atoms with E-state index in [-0.39, 0.29) is 17.5 Å². The van der Waals surface area contributed by atoms with Gasteiger partial charge in [0.05, 0.1) is 17.0 Å². The number of hydrogen-bond donors (Lipinski definition) is 2. The molecule has 6 heteroatoms. The second kappa shape index (κ2) is 5.81. The van der Waals surface area contributed by atoms with E-state index in [9.17, 15) is 4.79 Å². The average Bonchev–Trinajstić information content (AvgIpc) is 3.09. The summed E-state index contributed by atoms with van der Waals surface area (Å²) in [5, 5.41) is 7.33. The summed E-state index contributed by atoms with van der Waals surface area (Å²) in [6.45, 7) is 3.96. The summed E-state index contributed by atoms with van der Waals surface area (Å²) in [7, 11) is 0. The molecule has 2 N–H and O–H groups in total. The van der Waals surface area contributed by atoms with E-state index < -0.39 is 0 Å². The Labute approximate surface area is 157 Å². The number of hydrogen-bond acceptors (Lipinski definition) is 5.